The lowest BCUT2D eigenvalue weighted by molar-refractivity contribution is 0.424. The third-order valence-electron chi connectivity index (χ3n) is 4.93. The van der Waals surface area contributed by atoms with Crippen LogP contribution in [0, 0.1) is 23.3 Å². The van der Waals surface area contributed by atoms with Crippen molar-refractivity contribution in [2.75, 3.05) is 0 Å². The molecule has 1 heterocycles. The SMILES string of the molecule is O=S(=O)(c1ccc(/C=C/c2ccc(F)cc2F)cn1)c1ccccc1F.OB(O)C=Cc1ccccc1F. The summed E-state index contributed by atoms with van der Waals surface area (Å²) in [4.78, 5) is 3.40. The van der Waals surface area contributed by atoms with Crippen LogP contribution >= 0.6 is 0 Å². The lowest BCUT2D eigenvalue weighted by Crippen LogP contribution is -2.06. The molecule has 11 heteroatoms. The van der Waals surface area contributed by atoms with E-state index in [2.05, 4.69) is 4.98 Å². The third-order valence-corrected chi connectivity index (χ3v) is 6.63. The van der Waals surface area contributed by atoms with E-state index in [1.165, 1.54) is 60.8 Å². The highest BCUT2D eigenvalue weighted by Crippen LogP contribution is 2.22. The maximum Gasteiger partial charge on any atom is 0.480 e. The number of hydrogen-bond acceptors (Lipinski definition) is 5. The van der Waals surface area contributed by atoms with Gasteiger partial charge in [0.1, 0.15) is 28.2 Å². The molecule has 4 aromatic rings. The van der Waals surface area contributed by atoms with Crippen LogP contribution in [0.15, 0.2) is 101 Å². The van der Waals surface area contributed by atoms with E-state index in [1.54, 1.807) is 18.2 Å². The van der Waals surface area contributed by atoms with Crippen molar-refractivity contribution >= 4 is 35.2 Å². The second kappa shape index (κ2) is 13.0. The van der Waals surface area contributed by atoms with Gasteiger partial charge in [-0.25, -0.2) is 31.0 Å². The van der Waals surface area contributed by atoms with E-state index in [9.17, 15) is 26.0 Å². The Morgan fingerprint density at radius 3 is 1.97 bits per heavy atom. The molecule has 0 radical (unpaired) electrons. The fourth-order valence-electron chi connectivity index (χ4n) is 3.05. The molecule has 0 saturated heterocycles. The fraction of sp³-hybridized carbons (Fsp3) is 0. The predicted molar refractivity (Wildman–Crippen MR) is 137 cm³/mol. The van der Waals surface area contributed by atoms with Crippen molar-refractivity contribution in [3.8, 4) is 0 Å². The molecule has 3 aromatic carbocycles. The Bertz CT molecular complexity index is 1560. The second-order valence-corrected chi connectivity index (χ2v) is 9.52. The van der Waals surface area contributed by atoms with Gasteiger partial charge in [0, 0.05) is 23.4 Å². The van der Waals surface area contributed by atoms with E-state index in [0.29, 0.717) is 11.1 Å². The average molecular weight is 541 g/mol. The van der Waals surface area contributed by atoms with Crippen molar-refractivity contribution in [2.24, 2.45) is 0 Å². The minimum absolute atomic E-state index is 0.175. The van der Waals surface area contributed by atoms with Gasteiger partial charge in [-0.3, -0.25) is 0 Å². The van der Waals surface area contributed by atoms with E-state index in [0.717, 1.165) is 30.2 Å². The van der Waals surface area contributed by atoms with E-state index >= 15 is 0 Å². The van der Waals surface area contributed by atoms with Gasteiger partial charge in [-0.05, 0) is 42.0 Å². The normalized spacial score (nSPS) is 11.4. The average Bonchev–Trinajstić information content (AvgIpc) is 2.88. The van der Waals surface area contributed by atoms with Crippen LogP contribution in [0.4, 0.5) is 17.6 Å². The van der Waals surface area contributed by atoms with E-state index < -0.39 is 39.3 Å². The number of benzene rings is 3. The van der Waals surface area contributed by atoms with Crippen molar-refractivity contribution in [3.63, 3.8) is 0 Å². The summed E-state index contributed by atoms with van der Waals surface area (Å²) in [5, 5.41) is 16.6. The van der Waals surface area contributed by atoms with Crippen LogP contribution in [-0.2, 0) is 9.84 Å². The van der Waals surface area contributed by atoms with Gasteiger partial charge in [0.25, 0.3) is 0 Å². The van der Waals surface area contributed by atoms with Crippen LogP contribution in [0.2, 0.25) is 0 Å². The summed E-state index contributed by atoms with van der Waals surface area (Å²) in [6.45, 7) is 0. The number of nitrogens with zero attached hydrogens (tertiary/aromatic N) is 1. The molecular formula is C27H20BF4NO4S. The first-order valence-corrected chi connectivity index (χ1v) is 12.4. The monoisotopic (exact) mass is 541 g/mol. The molecule has 0 aliphatic heterocycles. The molecule has 0 saturated carbocycles. The first-order valence-electron chi connectivity index (χ1n) is 11.0. The summed E-state index contributed by atoms with van der Waals surface area (Å²) in [5.41, 5.74) is 1.02. The van der Waals surface area contributed by atoms with Gasteiger partial charge in [0.05, 0.1) is 0 Å². The lowest BCUT2D eigenvalue weighted by Gasteiger charge is -2.05. The number of hydrogen-bond donors (Lipinski definition) is 2. The van der Waals surface area contributed by atoms with Gasteiger partial charge >= 0.3 is 7.12 Å². The molecule has 0 amide bonds. The van der Waals surface area contributed by atoms with E-state index in [-0.39, 0.29) is 16.4 Å². The summed E-state index contributed by atoms with van der Waals surface area (Å²) in [7, 11) is -5.61. The van der Waals surface area contributed by atoms with E-state index in [1.807, 2.05) is 0 Å². The molecule has 0 atom stereocenters. The van der Waals surface area contributed by atoms with Crippen LogP contribution in [-0.4, -0.2) is 30.6 Å². The molecule has 38 heavy (non-hydrogen) atoms. The summed E-state index contributed by atoms with van der Waals surface area (Å²) in [6, 6.07) is 17.0. The summed E-state index contributed by atoms with van der Waals surface area (Å²) >= 11 is 0. The molecule has 194 valence electrons. The molecule has 4 rings (SSSR count). The number of pyridine rings is 1. The maximum atomic E-state index is 13.7. The molecule has 5 nitrogen and oxygen atoms in total. The summed E-state index contributed by atoms with van der Waals surface area (Å²) < 4.78 is 77.9. The van der Waals surface area contributed by atoms with Crippen LogP contribution < -0.4 is 0 Å². The first kappa shape index (κ1) is 28.5. The van der Waals surface area contributed by atoms with Crippen molar-refractivity contribution in [1.82, 2.24) is 4.98 Å². The maximum absolute atomic E-state index is 13.7. The first-order chi connectivity index (χ1) is 18.1. The lowest BCUT2D eigenvalue weighted by atomic mass is 9.91. The summed E-state index contributed by atoms with van der Waals surface area (Å²) in [5.74, 6) is -1.53. The number of rotatable bonds is 6. The quantitative estimate of drug-likeness (QED) is 0.254. The molecule has 0 fully saturated rings. The van der Waals surface area contributed by atoms with Gasteiger partial charge < -0.3 is 10.0 Å². The molecule has 1 aromatic heterocycles. The highest BCUT2D eigenvalue weighted by molar-refractivity contribution is 7.91. The molecule has 0 spiro atoms. The van der Waals surface area contributed by atoms with Gasteiger partial charge in [0.2, 0.25) is 9.84 Å². The molecule has 2 N–H and O–H groups in total. The number of sulfone groups is 1. The minimum Gasteiger partial charge on any atom is -0.424 e. The van der Waals surface area contributed by atoms with E-state index in [4.69, 9.17) is 10.0 Å². The Morgan fingerprint density at radius 1 is 0.711 bits per heavy atom. The molecular weight excluding hydrogens is 521 g/mol. The van der Waals surface area contributed by atoms with Gasteiger partial charge in [0.15, 0.2) is 5.03 Å². The molecule has 0 unspecified atom stereocenters. The van der Waals surface area contributed by atoms with Crippen LogP contribution in [0.25, 0.3) is 18.2 Å². The Labute approximate surface area is 217 Å². The Hall–Kier alpha value is -4.06. The van der Waals surface area contributed by atoms with Crippen molar-refractivity contribution < 1.29 is 36.0 Å². The Balaban J connectivity index is 0.000000279. The smallest absolute Gasteiger partial charge is 0.424 e. The minimum atomic E-state index is -4.08. The molecule has 0 aliphatic rings. The largest absolute Gasteiger partial charge is 0.480 e. The standard InChI is InChI=1S/C19H12F3NO2S.C8H8BFO2/c20-15-9-8-14(17(22)11-15)7-5-13-6-10-19(23-12-13)26(24,25)18-4-2-1-3-16(18)21;10-8-4-2-1-3-7(8)5-6-9(11)12/h1-12H;1-6,11-12H/b7-5+;. The number of halogens is 4. The van der Waals surface area contributed by atoms with Gasteiger partial charge in [-0.1, -0.05) is 60.6 Å². The van der Waals surface area contributed by atoms with Gasteiger partial charge in [-0.15, -0.1) is 0 Å². The second-order valence-electron chi connectivity index (χ2n) is 7.66. The van der Waals surface area contributed by atoms with Gasteiger partial charge in [-0.2, -0.15) is 0 Å². The summed E-state index contributed by atoms with van der Waals surface area (Å²) in [6.07, 6.45) is 5.51. The highest BCUT2D eigenvalue weighted by Gasteiger charge is 2.22. The zero-order chi connectivity index (χ0) is 27.7. The fourth-order valence-corrected chi connectivity index (χ4v) is 4.29. The zero-order valence-electron chi connectivity index (χ0n) is 19.5. The Morgan fingerprint density at radius 2 is 1.37 bits per heavy atom. The van der Waals surface area contributed by atoms with Crippen LogP contribution in [0.3, 0.4) is 0 Å². The van der Waals surface area contributed by atoms with Crippen molar-refractivity contribution in [2.45, 2.75) is 9.92 Å². The molecule has 0 bridgehead atoms. The van der Waals surface area contributed by atoms with Crippen molar-refractivity contribution in [1.29, 1.82) is 0 Å². The molecule has 0 aliphatic carbocycles. The highest BCUT2D eigenvalue weighted by atomic mass is 32.2. The van der Waals surface area contributed by atoms with Crippen LogP contribution in [0.5, 0.6) is 0 Å². The number of aromatic nitrogens is 1. The topological polar surface area (TPSA) is 87.5 Å². The predicted octanol–water partition coefficient (Wildman–Crippen LogP) is 5.35. The third kappa shape index (κ3) is 7.72. The van der Waals surface area contributed by atoms with Crippen LogP contribution in [0.1, 0.15) is 16.7 Å². The zero-order valence-corrected chi connectivity index (χ0v) is 20.4. The Kier molecular flexibility index (Phi) is 9.72. The van der Waals surface area contributed by atoms with Crippen molar-refractivity contribution in [3.05, 3.63) is 131 Å².